The Morgan fingerprint density at radius 2 is 2.10 bits per heavy atom. The number of aromatic carboxylic acids is 1. The first-order valence-corrected chi connectivity index (χ1v) is 7.28. The van der Waals surface area contributed by atoms with Crippen molar-refractivity contribution >= 4 is 5.97 Å². The molecule has 0 bridgehead atoms. The van der Waals surface area contributed by atoms with Crippen LogP contribution in [-0.2, 0) is 6.54 Å². The quantitative estimate of drug-likeness (QED) is 0.641. The summed E-state index contributed by atoms with van der Waals surface area (Å²) in [5, 5.41) is 12.2. The summed E-state index contributed by atoms with van der Waals surface area (Å²) in [5.74, 6) is -0.909. The first-order chi connectivity index (χ1) is 9.67. The summed E-state index contributed by atoms with van der Waals surface area (Å²) in [5.41, 5.74) is 1.06. The van der Waals surface area contributed by atoms with Crippen molar-refractivity contribution in [2.75, 3.05) is 26.2 Å². The molecule has 0 amide bonds. The fourth-order valence-electron chi connectivity index (χ4n) is 2.05. The first-order valence-electron chi connectivity index (χ1n) is 7.28. The van der Waals surface area contributed by atoms with Crippen LogP contribution in [0.1, 0.15) is 42.7 Å². The zero-order valence-corrected chi connectivity index (χ0v) is 12.4. The number of hydrogen-bond acceptors (Lipinski definition) is 4. The Hall–Kier alpha value is -1.46. The average molecular weight is 279 g/mol. The molecular formula is C15H25N3O2. The molecule has 1 aromatic rings. The fourth-order valence-corrected chi connectivity index (χ4v) is 2.05. The monoisotopic (exact) mass is 279 g/mol. The summed E-state index contributed by atoms with van der Waals surface area (Å²) in [6.07, 6.45) is 3.84. The van der Waals surface area contributed by atoms with Crippen molar-refractivity contribution in [3.05, 3.63) is 29.6 Å². The number of unbranched alkanes of at least 4 members (excludes halogenated alkanes) is 1. The molecule has 5 nitrogen and oxygen atoms in total. The van der Waals surface area contributed by atoms with Crippen molar-refractivity contribution in [2.24, 2.45) is 0 Å². The van der Waals surface area contributed by atoms with Crippen LogP contribution in [0.5, 0.6) is 0 Å². The van der Waals surface area contributed by atoms with E-state index in [2.05, 4.69) is 29.0 Å². The minimum absolute atomic E-state index is 0.290. The van der Waals surface area contributed by atoms with E-state index in [0.717, 1.165) is 38.3 Å². The number of hydrogen-bond donors (Lipinski definition) is 2. The number of pyridine rings is 1. The Morgan fingerprint density at radius 3 is 2.75 bits per heavy atom. The highest BCUT2D eigenvalue weighted by molar-refractivity contribution is 5.87. The van der Waals surface area contributed by atoms with E-state index in [4.69, 9.17) is 5.11 Å². The minimum atomic E-state index is -0.909. The predicted octanol–water partition coefficient (Wildman–Crippen LogP) is 1.99. The molecule has 0 radical (unpaired) electrons. The van der Waals surface area contributed by atoms with Crippen LogP contribution in [0.25, 0.3) is 0 Å². The van der Waals surface area contributed by atoms with Crippen molar-refractivity contribution in [1.82, 2.24) is 15.2 Å². The van der Waals surface area contributed by atoms with Gasteiger partial charge in [0.1, 0.15) is 0 Å². The van der Waals surface area contributed by atoms with E-state index < -0.39 is 5.97 Å². The van der Waals surface area contributed by atoms with Gasteiger partial charge in [0.2, 0.25) is 0 Å². The lowest BCUT2D eigenvalue weighted by Crippen LogP contribution is -2.25. The number of carbonyl (C=O) groups is 1. The molecule has 2 N–H and O–H groups in total. The second kappa shape index (κ2) is 9.44. The maximum absolute atomic E-state index is 10.8. The Morgan fingerprint density at radius 1 is 1.35 bits per heavy atom. The van der Waals surface area contributed by atoms with Gasteiger partial charge >= 0.3 is 5.97 Å². The smallest absolute Gasteiger partial charge is 0.335 e. The van der Waals surface area contributed by atoms with E-state index in [0.29, 0.717) is 12.1 Å². The van der Waals surface area contributed by atoms with Gasteiger partial charge in [-0.25, -0.2) is 4.79 Å². The van der Waals surface area contributed by atoms with Gasteiger partial charge in [0.05, 0.1) is 11.3 Å². The highest BCUT2D eigenvalue weighted by Gasteiger charge is 2.03. The van der Waals surface area contributed by atoms with Gasteiger partial charge in [-0.15, -0.1) is 0 Å². The van der Waals surface area contributed by atoms with Crippen molar-refractivity contribution in [3.8, 4) is 0 Å². The van der Waals surface area contributed by atoms with Gasteiger partial charge in [-0.3, -0.25) is 4.98 Å². The molecule has 0 atom stereocenters. The third kappa shape index (κ3) is 6.12. The molecule has 112 valence electrons. The molecule has 0 fully saturated rings. The van der Waals surface area contributed by atoms with Crippen LogP contribution in [0.2, 0.25) is 0 Å². The summed E-state index contributed by atoms with van der Waals surface area (Å²) in [6.45, 7) is 9.27. The zero-order chi connectivity index (χ0) is 14.8. The van der Waals surface area contributed by atoms with E-state index in [1.165, 1.54) is 12.5 Å². The van der Waals surface area contributed by atoms with Gasteiger partial charge < -0.3 is 15.3 Å². The second-order valence-electron chi connectivity index (χ2n) is 4.75. The molecule has 0 unspecified atom stereocenters. The van der Waals surface area contributed by atoms with E-state index in [1.54, 1.807) is 12.3 Å². The number of rotatable bonds is 10. The van der Waals surface area contributed by atoms with Crippen LogP contribution in [0, 0.1) is 0 Å². The Balaban J connectivity index is 2.18. The van der Waals surface area contributed by atoms with Crippen molar-refractivity contribution in [1.29, 1.82) is 0 Å². The molecule has 0 aliphatic heterocycles. The summed E-state index contributed by atoms with van der Waals surface area (Å²) in [7, 11) is 0. The largest absolute Gasteiger partial charge is 0.478 e. The number of nitrogens with zero attached hydrogens (tertiary/aromatic N) is 2. The number of nitrogens with one attached hydrogen (secondary N) is 1. The molecule has 20 heavy (non-hydrogen) atoms. The van der Waals surface area contributed by atoms with E-state index in [1.807, 2.05) is 0 Å². The highest BCUT2D eigenvalue weighted by atomic mass is 16.4. The van der Waals surface area contributed by atoms with Gasteiger partial charge in [0.25, 0.3) is 0 Å². The van der Waals surface area contributed by atoms with Crippen molar-refractivity contribution < 1.29 is 9.90 Å². The highest BCUT2D eigenvalue weighted by Crippen LogP contribution is 2.02. The number of carboxylic acid groups (broad SMARTS) is 1. The summed E-state index contributed by atoms with van der Waals surface area (Å²) in [6, 6.07) is 3.13. The van der Waals surface area contributed by atoms with Gasteiger partial charge in [-0.05, 0) is 51.2 Å². The molecule has 1 aromatic heterocycles. The Labute approximate surface area is 121 Å². The maximum atomic E-state index is 10.8. The van der Waals surface area contributed by atoms with E-state index in [-0.39, 0.29) is 0 Å². The molecule has 0 aromatic carbocycles. The van der Waals surface area contributed by atoms with Crippen molar-refractivity contribution in [2.45, 2.75) is 33.2 Å². The normalized spacial score (nSPS) is 10.9. The SMILES string of the molecule is CCN(CC)CCCCNCc1cc(C(=O)O)ccn1. The topological polar surface area (TPSA) is 65.5 Å². The molecule has 5 heteroatoms. The third-order valence-corrected chi connectivity index (χ3v) is 3.34. The molecule has 0 aliphatic rings. The second-order valence-corrected chi connectivity index (χ2v) is 4.75. The van der Waals surface area contributed by atoms with E-state index in [9.17, 15) is 4.79 Å². The number of aromatic nitrogens is 1. The van der Waals surface area contributed by atoms with Crippen LogP contribution in [0.4, 0.5) is 0 Å². The maximum Gasteiger partial charge on any atom is 0.335 e. The van der Waals surface area contributed by atoms with Gasteiger partial charge in [-0.1, -0.05) is 13.8 Å². The minimum Gasteiger partial charge on any atom is -0.478 e. The molecule has 0 saturated carbocycles. The lowest BCUT2D eigenvalue weighted by Gasteiger charge is -2.17. The third-order valence-electron chi connectivity index (χ3n) is 3.34. The molecule has 1 heterocycles. The lowest BCUT2D eigenvalue weighted by molar-refractivity contribution is 0.0696. The average Bonchev–Trinajstić information content (AvgIpc) is 2.47. The van der Waals surface area contributed by atoms with Crippen LogP contribution in [-0.4, -0.2) is 47.1 Å². The Bertz CT molecular complexity index is 406. The van der Waals surface area contributed by atoms with Crippen molar-refractivity contribution in [3.63, 3.8) is 0 Å². The zero-order valence-electron chi connectivity index (χ0n) is 12.4. The van der Waals surface area contributed by atoms with Gasteiger partial charge in [0.15, 0.2) is 0 Å². The van der Waals surface area contributed by atoms with Gasteiger partial charge in [-0.2, -0.15) is 0 Å². The molecular weight excluding hydrogens is 254 g/mol. The summed E-state index contributed by atoms with van der Waals surface area (Å²) < 4.78 is 0. The van der Waals surface area contributed by atoms with E-state index >= 15 is 0 Å². The van der Waals surface area contributed by atoms with Gasteiger partial charge in [0, 0.05) is 12.7 Å². The number of carboxylic acids is 1. The van der Waals surface area contributed by atoms with Crippen LogP contribution >= 0.6 is 0 Å². The molecule has 0 spiro atoms. The summed E-state index contributed by atoms with van der Waals surface area (Å²) in [4.78, 5) is 17.4. The Kier molecular flexibility index (Phi) is 7.84. The first kappa shape index (κ1) is 16.6. The molecule has 0 saturated heterocycles. The van der Waals surface area contributed by atoms with Crippen LogP contribution in [0.3, 0.4) is 0 Å². The lowest BCUT2D eigenvalue weighted by atomic mass is 10.2. The van der Waals surface area contributed by atoms with Crippen LogP contribution < -0.4 is 5.32 Å². The molecule has 0 aliphatic carbocycles. The van der Waals surface area contributed by atoms with Crippen LogP contribution in [0.15, 0.2) is 18.3 Å². The molecule has 1 rings (SSSR count). The standard InChI is InChI=1S/C15H25N3O2/c1-3-18(4-2)10-6-5-8-16-12-14-11-13(15(19)20)7-9-17-14/h7,9,11,16H,3-6,8,10,12H2,1-2H3,(H,19,20). The fraction of sp³-hybridized carbons (Fsp3) is 0.600. The predicted molar refractivity (Wildman–Crippen MR) is 79.9 cm³/mol. The summed E-state index contributed by atoms with van der Waals surface area (Å²) >= 11 is 0.